The number of hydrogen-bond donors (Lipinski definition) is 2. The number of rotatable bonds is 14. The van der Waals surface area contributed by atoms with E-state index in [0.29, 0.717) is 13.0 Å². The van der Waals surface area contributed by atoms with Gasteiger partial charge in [0.15, 0.2) is 0 Å². The molecule has 3 N–H and O–H groups in total. The molecule has 5 nitrogen and oxygen atoms in total. The molecule has 0 bridgehead atoms. The predicted octanol–water partition coefficient (Wildman–Crippen LogP) is 3.16. The van der Waals surface area contributed by atoms with Crippen LogP contribution in [0.1, 0.15) is 71.1 Å². The van der Waals surface area contributed by atoms with Crippen molar-refractivity contribution in [3.8, 4) is 0 Å². The van der Waals surface area contributed by atoms with Crippen molar-refractivity contribution in [3.63, 3.8) is 0 Å². The maximum absolute atomic E-state index is 12.0. The Morgan fingerprint density at radius 2 is 1.52 bits per heavy atom. The van der Waals surface area contributed by atoms with Gasteiger partial charge in [0.25, 0.3) is 5.91 Å². The highest BCUT2D eigenvalue weighted by molar-refractivity contribution is 5.80. The third kappa shape index (κ3) is 13.5. The van der Waals surface area contributed by atoms with Crippen LogP contribution in [-0.2, 0) is 4.79 Å². The van der Waals surface area contributed by atoms with Crippen LogP contribution in [0.3, 0.4) is 0 Å². The molecule has 0 saturated carbocycles. The second kappa shape index (κ2) is 12.7. The van der Waals surface area contributed by atoms with Crippen LogP contribution < -0.4 is 5.73 Å². The number of carbonyl (C=O) groups excluding carboxylic acids is 1. The summed E-state index contributed by atoms with van der Waals surface area (Å²) in [4.78, 5) is 12.0. The van der Waals surface area contributed by atoms with Crippen molar-refractivity contribution < 1.29 is 14.5 Å². The third-order valence-electron chi connectivity index (χ3n) is 4.14. The number of nitrogens with two attached hydrogens (primary N) is 1. The van der Waals surface area contributed by atoms with E-state index in [-0.39, 0.29) is 5.91 Å². The molecule has 1 amide bonds. The summed E-state index contributed by atoms with van der Waals surface area (Å²) in [6, 6.07) is -0.566. The van der Waals surface area contributed by atoms with Crippen LogP contribution in [0.4, 0.5) is 0 Å². The predicted molar refractivity (Wildman–Crippen MR) is 96.2 cm³/mol. The van der Waals surface area contributed by atoms with Crippen molar-refractivity contribution in [2.24, 2.45) is 5.73 Å². The summed E-state index contributed by atoms with van der Waals surface area (Å²) in [5.74, 6) is -0.339. The lowest BCUT2D eigenvalue weighted by Crippen LogP contribution is -2.44. The fraction of sp³-hybridized carbons (Fsp3) is 0.944. The summed E-state index contributed by atoms with van der Waals surface area (Å²) in [6.45, 7) is 3.50. The van der Waals surface area contributed by atoms with Crippen molar-refractivity contribution in [3.05, 3.63) is 0 Å². The molecule has 0 heterocycles. The second-order valence-corrected chi connectivity index (χ2v) is 7.70. The van der Waals surface area contributed by atoms with Crippen LogP contribution in [0.15, 0.2) is 0 Å². The molecule has 0 fully saturated rings. The van der Waals surface area contributed by atoms with E-state index in [4.69, 9.17) is 5.73 Å². The van der Waals surface area contributed by atoms with Crippen LogP contribution >= 0.6 is 0 Å². The Bertz CT molecular complexity index is 303. The Labute approximate surface area is 143 Å². The first-order valence-corrected chi connectivity index (χ1v) is 9.34. The van der Waals surface area contributed by atoms with E-state index in [2.05, 4.69) is 28.1 Å². The van der Waals surface area contributed by atoms with E-state index in [1.165, 1.54) is 38.5 Å². The molecule has 0 aromatic heterocycles. The number of amides is 1. The van der Waals surface area contributed by atoms with Gasteiger partial charge in [0, 0.05) is 6.42 Å². The van der Waals surface area contributed by atoms with Gasteiger partial charge in [-0.3, -0.25) is 10.0 Å². The largest absolute Gasteiger partial charge is 0.331 e. The SMILES string of the molecule is CCCCCCCCCCC(N)C(=O)N(O)CCC[N+](C)(C)C. The molecule has 0 aliphatic heterocycles. The normalized spacial score (nSPS) is 13.1. The van der Waals surface area contributed by atoms with Gasteiger partial charge >= 0.3 is 0 Å². The molecule has 1 atom stereocenters. The standard InChI is InChI=1S/C18H40N3O2/c1-5-6-7-8-9-10-11-12-14-17(19)18(22)20(23)15-13-16-21(2,3)4/h17,23H,5-16,19H2,1-4H3/q+1. The van der Waals surface area contributed by atoms with E-state index in [9.17, 15) is 10.0 Å². The molecule has 0 saturated heterocycles. The molecule has 0 spiro atoms. The topological polar surface area (TPSA) is 66.6 Å². The molecule has 0 aromatic carbocycles. The van der Waals surface area contributed by atoms with Gasteiger partial charge in [-0.05, 0) is 6.42 Å². The number of hydrogen-bond acceptors (Lipinski definition) is 3. The van der Waals surface area contributed by atoms with Gasteiger partial charge in [0.1, 0.15) is 0 Å². The summed E-state index contributed by atoms with van der Waals surface area (Å²) in [7, 11) is 6.28. The summed E-state index contributed by atoms with van der Waals surface area (Å²) >= 11 is 0. The minimum Gasteiger partial charge on any atom is -0.331 e. The van der Waals surface area contributed by atoms with Crippen LogP contribution in [0.5, 0.6) is 0 Å². The average Bonchev–Trinajstić information content (AvgIpc) is 2.47. The maximum atomic E-state index is 12.0. The Kier molecular flexibility index (Phi) is 12.4. The molecule has 0 aromatic rings. The molecule has 1 unspecified atom stereocenters. The zero-order chi connectivity index (χ0) is 17.7. The first-order chi connectivity index (χ1) is 10.8. The van der Waals surface area contributed by atoms with Crippen molar-refractivity contribution in [2.45, 2.75) is 77.2 Å². The smallest absolute Gasteiger partial charge is 0.262 e. The Hall–Kier alpha value is -0.650. The van der Waals surface area contributed by atoms with Crippen LogP contribution in [0, 0.1) is 0 Å². The number of carbonyl (C=O) groups is 1. The first-order valence-electron chi connectivity index (χ1n) is 9.34. The minimum absolute atomic E-state index is 0.339. The highest BCUT2D eigenvalue weighted by Gasteiger charge is 2.19. The molecule has 5 heteroatoms. The molecular weight excluding hydrogens is 290 g/mol. The summed E-state index contributed by atoms with van der Waals surface area (Å²) < 4.78 is 0.826. The van der Waals surface area contributed by atoms with Crippen molar-refractivity contribution >= 4 is 5.91 Å². The quantitative estimate of drug-likeness (QED) is 0.222. The van der Waals surface area contributed by atoms with Gasteiger partial charge in [-0.1, -0.05) is 58.3 Å². The highest BCUT2D eigenvalue weighted by Crippen LogP contribution is 2.11. The number of nitrogens with zero attached hydrogens (tertiary/aromatic N) is 2. The Morgan fingerprint density at radius 1 is 1.00 bits per heavy atom. The van der Waals surface area contributed by atoms with Gasteiger partial charge in [-0.15, -0.1) is 0 Å². The molecule has 0 aliphatic rings. The lowest BCUT2D eigenvalue weighted by molar-refractivity contribution is -0.870. The molecule has 0 radical (unpaired) electrons. The molecular formula is C18H40N3O2+. The second-order valence-electron chi connectivity index (χ2n) is 7.70. The zero-order valence-electron chi connectivity index (χ0n) is 15.9. The van der Waals surface area contributed by atoms with Gasteiger partial charge in [-0.2, -0.15) is 0 Å². The van der Waals surface area contributed by atoms with Gasteiger partial charge in [-0.25, -0.2) is 5.06 Å². The van der Waals surface area contributed by atoms with Crippen molar-refractivity contribution in [1.82, 2.24) is 5.06 Å². The van der Waals surface area contributed by atoms with Crippen LogP contribution in [-0.4, -0.2) is 60.9 Å². The summed E-state index contributed by atoms with van der Waals surface area (Å²) in [5, 5.41) is 10.6. The summed E-state index contributed by atoms with van der Waals surface area (Å²) in [6.07, 6.45) is 11.3. The van der Waals surface area contributed by atoms with Crippen molar-refractivity contribution in [1.29, 1.82) is 0 Å². The summed E-state index contributed by atoms with van der Waals surface area (Å²) in [5.41, 5.74) is 5.90. The minimum atomic E-state index is -0.566. The molecule has 0 aliphatic carbocycles. The number of hydroxylamine groups is 2. The highest BCUT2D eigenvalue weighted by atomic mass is 16.5. The molecule has 23 heavy (non-hydrogen) atoms. The third-order valence-corrected chi connectivity index (χ3v) is 4.14. The lowest BCUT2D eigenvalue weighted by Gasteiger charge is -2.25. The van der Waals surface area contributed by atoms with Crippen molar-refractivity contribution in [2.75, 3.05) is 34.2 Å². The number of quaternary nitrogens is 1. The van der Waals surface area contributed by atoms with E-state index in [1.54, 1.807) is 0 Å². The lowest BCUT2D eigenvalue weighted by atomic mass is 10.0. The van der Waals surface area contributed by atoms with E-state index in [1.807, 2.05) is 0 Å². The Balaban J connectivity index is 3.68. The fourth-order valence-corrected chi connectivity index (χ4v) is 2.62. The zero-order valence-corrected chi connectivity index (χ0v) is 15.9. The van der Waals surface area contributed by atoms with E-state index < -0.39 is 6.04 Å². The van der Waals surface area contributed by atoms with Gasteiger partial charge < -0.3 is 10.2 Å². The molecule has 0 rings (SSSR count). The average molecular weight is 331 g/mol. The van der Waals surface area contributed by atoms with Gasteiger partial charge in [0.05, 0.1) is 40.3 Å². The Morgan fingerprint density at radius 3 is 2.04 bits per heavy atom. The number of unbranched alkanes of at least 4 members (excludes halogenated alkanes) is 7. The van der Waals surface area contributed by atoms with Gasteiger partial charge in [0.2, 0.25) is 0 Å². The first kappa shape index (κ1) is 22.4. The maximum Gasteiger partial charge on any atom is 0.262 e. The fourth-order valence-electron chi connectivity index (χ4n) is 2.62. The van der Waals surface area contributed by atoms with Crippen LogP contribution in [0.25, 0.3) is 0 Å². The van der Waals surface area contributed by atoms with Crippen LogP contribution in [0.2, 0.25) is 0 Å². The van der Waals surface area contributed by atoms with E-state index in [0.717, 1.165) is 35.4 Å². The van der Waals surface area contributed by atoms with E-state index >= 15 is 0 Å². The monoisotopic (exact) mass is 330 g/mol. The molecule has 138 valence electrons.